The molecule has 1 fully saturated rings. The maximum atomic E-state index is 10.9. The van der Waals surface area contributed by atoms with Crippen LogP contribution in [0.1, 0.15) is 19.8 Å². The number of anilines is 1. The average molecular weight is 211 g/mol. The van der Waals surface area contributed by atoms with Gasteiger partial charge < -0.3 is 10.6 Å². The number of aromatic amines is 2. The molecule has 0 aliphatic carbocycles. The van der Waals surface area contributed by atoms with Gasteiger partial charge in [-0.2, -0.15) is 0 Å². The minimum atomic E-state index is -0.253. The fraction of sp³-hybridized carbons (Fsp3) is 0.778. The third kappa shape index (κ3) is 2.04. The Labute approximate surface area is 87.9 Å². The van der Waals surface area contributed by atoms with Gasteiger partial charge in [0.15, 0.2) is 0 Å². The summed E-state index contributed by atoms with van der Waals surface area (Å²) in [5.74, 6) is 0.638. The van der Waals surface area contributed by atoms with E-state index in [1.165, 1.54) is 0 Å². The lowest BCUT2D eigenvalue weighted by atomic mass is 9.81. The van der Waals surface area contributed by atoms with Crippen LogP contribution in [0, 0.1) is 5.41 Å². The van der Waals surface area contributed by atoms with E-state index in [1.807, 2.05) is 0 Å². The minimum absolute atomic E-state index is 0.243. The standard InChI is InChI=1S/C9H17N5O/c1-9(6-10)2-4-14(5-3-9)7-11-8(15)13-12-7/h2-6,10H2,1H3,(H2,11,12,13,15). The van der Waals surface area contributed by atoms with E-state index in [0.29, 0.717) is 5.95 Å². The van der Waals surface area contributed by atoms with Gasteiger partial charge in [0.25, 0.3) is 0 Å². The highest BCUT2D eigenvalue weighted by Gasteiger charge is 2.29. The number of hydrogen-bond donors (Lipinski definition) is 3. The molecule has 6 nitrogen and oxygen atoms in total. The highest BCUT2D eigenvalue weighted by Crippen LogP contribution is 2.30. The number of nitrogens with one attached hydrogen (secondary N) is 2. The van der Waals surface area contributed by atoms with Crippen molar-refractivity contribution in [3.63, 3.8) is 0 Å². The van der Waals surface area contributed by atoms with Crippen LogP contribution in [0.25, 0.3) is 0 Å². The maximum Gasteiger partial charge on any atom is 0.342 e. The molecule has 4 N–H and O–H groups in total. The predicted molar refractivity (Wildman–Crippen MR) is 57.8 cm³/mol. The zero-order chi connectivity index (χ0) is 10.9. The number of H-pyrrole nitrogens is 2. The van der Waals surface area contributed by atoms with E-state index < -0.39 is 0 Å². The van der Waals surface area contributed by atoms with Crippen LogP contribution in [0.5, 0.6) is 0 Å². The second kappa shape index (κ2) is 3.69. The molecule has 0 saturated carbocycles. The van der Waals surface area contributed by atoms with Gasteiger partial charge in [-0.3, -0.25) is 4.98 Å². The van der Waals surface area contributed by atoms with Crippen molar-refractivity contribution in [1.82, 2.24) is 15.2 Å². The van der Waals surface area contributed by atoms with Crippen molar-refractivity contribution in [2.75, 3.05) is 24.5 Å². The number of nitrogens with zero attached hydrogens (tertiary/aromatic N) is 2. The van der Waals surface area contributed by atoms with Gasteiger partial charge in [-0.25, -0.2) is 9.89 Å². The Morgan fingerprint density at radius 2 is 2.20 bits per heavy atom. The lowest BCUT2D eigenvalue weighted by Crippen LogP contribution is -2.42. The maximum absolute atomic E-state index is 10.9. The highest BCUT2D eigenvalue weighted by atomic mass is 16.1. The summed E-state index contributed by atoms with van der Waals surface area (Å²) in [7, 11) is 0. The lowest BCUT2D eigenvalue weighted by molar-refractivity contribution is 0.257. The van der Waals surface area contributed by atoms with Crippen molar-refractivity contribution in [3.8, 4) is 0 Å². The minimum Gasteiger partial charge on any atom is -0.341 e. The van der Waals surface area contributed by atoms with Crippen molar-refractivity contribution in [3.05, 3.63) is 10.5 Å². The van der Waals surface area contributed by atoms with Crippen LogP contribution in [0.2, 0.25) is 0 Å². The molecule has 0 atom stereocenters. The zero-order valence-corrected chi connectivity index (χ0v) is 8.92. The van der Waals surface area contributed by atoms with E-state index in [1.54, 1.807) is 0 Å². The Morgan fingerprint density at radius 3 is 2.67 bits per heavy atom. The van der Waals surface area contributed by atoms with Crippen molar-refractivity contribution >= 4 is 5.95 Å². The second-order valence-corrected chi connectivity index (χ2v) is 4.50. The molecule has 0 radical (unpaired) electrons. The van der Waals surface area contributed by atoms with E-state index >= 15 is 0 Å². The summed E-state index contributed by atoms with van der Waals surface area (Å²) in [5, 5.41) is 6.29. The van der Waals surface area contributed by atoms with E-state index in [-0.39, 0.29) is 11.1 Å². The molecule has 6 heteroatoms. The number of rotatable bonds is 2. The summed E-state index contributed by atoms with van der Waals surface area (Å²) >= 11 is 0. The van der Waals surface area contributed by atoms with Crippen LogP contribution in [-0.4, -0.2) is 34.8 Å². The van der Waals surface area contributed by atoms with Crippen LogP contribution >= 0.6 is 0 Å². The highest BCUT2D eigenvalue weighted by molar-refractivity contribution is 5.28. The fourth-order valence-corrected chi connectivity index (χ4v) is 1.87. The molecule has 0 unspecified atom stereocenters. The third-order valence-electron chi connectivity index (χ3n) is 3.25. The molecule has 0 aromatic carbocycles. The van der Waals surface area contributed by atoms with E-state index in [0.717, 1.165) is 32.5 Å². The van der Waals surface area contributed by atoms with Crippen LogP contribution < -0.4 is 16.3 Å². The molecular formula is C9H17N5O. The molecule has 2 rings (SSSR count). The molecule has 0 amide bonds. The summed E-state index contributed by atoms with van der Waals surface area (Å²) in [5.41, 5.74) is 5.72. The molecular weight excluding hydrogens is 194 g/mol. The molecule has 1 aromatic heterocycles. The Hall–Kier alpha value is -1.30. The Kier molecular flexibility index (Phi) is 2.52. The summed E-state index contributed by atoms with van der Waals surface area (Å²) < 4.78 is 0. The predicted octanol–water partition coefficient (Wildman–Crippen LogP) is -0.337. The van der Waals surface area contributed by atoms with Crippen LogP contribution in [0.4, 0.5) is 5.95 Å². The molecule has 1 aliphatic rings. The molecule has 84 valence electrons. The van der Waals surface area contributed by atoms with Gasteiger partial charge in [0.2, 0.25) is 5.95 Å². The molecule has 2 heterocycles. The summed E-state index contributed by atoms with van der Waals surface area (Å²) in [6, 6.07) is 0. The van der Waals surface area contributed by atoms with Gasteiger partial charge >= 0.3 is 5.69 Å². The first kappa shape index (κ1) is 10.2. The second-order valence-electron chi connectivity index (χ2n) is 4.50. The number of hydrogen-bond acceptors (Lipinski definition) is 4. The number of aromatic nitrogens is 3. The third-order valence-corrected chi connectivity index (χ3v) is 3.25. The fourth-order valence-electron chi connectivity index (χ4n) is 1.87. The van der Waals surface area contributed by atoms with E-state index in [2.05, 4.69) is 27.0 Å². The largest absolute Gasteiger partial charge is 0.342 e. The lowest BCUT2D eigenvalue weighted by Gasteiger charge is -2.38. The van der Waals surface area contributed by atoms with Crippen LogP contribution in [-0.2, 0) is 0 Å². The quantitative estimate of drug-likeness (QED) is 0.624. The average Bonchev–Trinajstić information content (AvgIpc) is 2.66. The van der Waals surface area contributed by atoms with E-state index in [4.69, 9.17) is 5.73 Å². The molecule has 1 saturated heterocycles. The van der Waals surface area contributed by atoms with Gasteiger partial charge in [-0.15, -0.1) is 5.10 Å². The van der Waals surface area contributed by atoms with Crippen LogP contribution in [0.3, 0.4) is 0 Å². The smallest absolute Gasteiger partial charge is 0.341 e. The van der Waals surface area contributed by atoms with Gasteiger partial charge in [0.05, 0.1) is 0 Å². The monoisotopic (exact) mass is 211 g/mol. The number of nitrogens with two attached hydrogens (primary N) is 1. The first-order chi connectivity index (χ1) is 7.13. The Bertz CT molecular complexity index is 374. The zero-order valence-electron chi connectivity index (χ0n) is 8.92. The van der Waals surface area contributed by atoms with Crippen molar-refractivity contribution in [1.29, 1.82) is 0 Å². The SMILES string of the molecule is CC1(CN)CCN(c2n[nH]c(=O)[nH]2)CC1. The van der Waals surface area contributed by atoms with E-state index in [9.17, 15) is 4.79 Å². The van der Waals surface area contributed by atoms with Crippen molar-refractivity contribution < 1.29 is 0 Å². The van der Waals surface area contributed by atoms with Crippen molar-refractivity contribution in [2.45, 2.75) is 19.8 Å². The summed E-state index contributed by atoms with van der Waals surface area (Å²) in [4.78, 5) is 15.6. The molecule has 0 spiro atoms. The van der Waals surface area contributed by atoms with Gasteiger partial charge in [-0.05, 0) is 24.8 Å². The van der Waals surface area contributed by atoms with Gasteiger partial charge in [0, 0.05) is 13.1 Å². The molecule has 0 bridgehead atoms. The first-order valence-corrected chi connectivity index (χ1v) is 5.23. The van der Waals surface area contributed by atoms with Gasteiger partial charge in [-0.1, -0.05) is 6.92 Å². The Balaban J connectivity index is 2.02. The molecule has 1 aliphatic heterocycles. The Morgan fingerprint density at radius 1 is 1.53 bits per heavy atom. The summed E-state index contributed by atoms with van der Waals surface area (Å²) in [6.45, 7) is 4.72. The molecule has 1 aromatic rings. The van der Waals surface area contributed by atoms with Gasteiger partial charge in [0.1, 0.15) is 0 Å². The van der Waals surface area contributed by atoms with Crippen LogP contribution in [0.15, 0.2) is 4.79 Å². The first-order valence-electron chi connectivity index (χ1n) is 5.23. The topological polar surface area (TPSA) is 90.8 Å². The summed E-state index contributed by atoms with van der Waals surface area (Å²) in [6.07, 6.45) is 2.08. The number of piperidine rings is 1. The molecule has 15 heavy (non-hydrogen) atoms. The normalized spacial score (nSPS) is 20.5. The van der Waals surface area contributed by atoms with Crippen molar-refractivity contribution in [2.24, 2.45) is 11.1 Å².